The summed E-state index contributed by atoms with van der Waals surface area (Å²) in [6, 6.07) is 9.17. The highest BCUT2D eigenvalue weighted by atomic mass is 19.3. The van der Waals surface area contributed by atoms with Crippen LogP contribution in [-0.4, -0.2) is 18.0 Å². The van der Waals surface area contributed by atoms with Crippen LogP contribution in [0.15, 0.2) is 42.7 Å². The molecule has 3 nitrogen and oxygen atoms in total. The molecule has 0 unspecified atom stereocenters. The molecule has 2 N–H and O–H groups in total. The third kappa shape index (κ3) is 4.71. The number of aromatic nitrogens is 1. The van der Waals surface area contributed by atoms with E-state index in [-0.39, 0.29) is 0 Å². The number of alkyl halides is 2. The molecule has 0 aliphatic rings. The molecule has 2 rings (SSSR count). The van der Waals surface area contributed by atoms with Gasteiger partial charge in [0.05, 0.1) is 0 Å². The molecule has 0 saturated heterocycles. The summed E-state index contributed by atoms with van der Waals surface area (Å²) in [5, 5.41) is 3.27. The fraction of sp³-hybridized carbons (Fsp3) is 0.286. The minimum Gasteiger partial charge on any atom is -0.488 e. The van der Waals surface area contributed by atoms with Crippen molar-refractivity contribution in [3.8, 4) is 5.75 Å². The van der Waals surface area contributed by atoms with Gasteiger partial charge in [-0.05, 0) is 29.3 Å². The lowest BCUT2D eigenvalue weighted by Gasteiger charge is -2.08. The smallest absolute Gasteiger partial charge is 0.272 e. The van der Waals surface area contributed by atoms with Crippen LogP contribution >= 0.6 is 0 Å². The van der Waals surface area contributed by atoms with Gasteiger partial charge in [-0.3, -0.25) is 0 Å². The highest BCUT2D eigenvalue weighted by Gasteiger charge is 2.04. The number of nitrogens with one attached hydrogen (secondary N) is 2. The summed E-state index contributed by atoms with van der Waals surface area (Å²) in [6.45, 7) is 0.850. The molecular weight excluding hydrogens is 250 g/mol. The number of ether oxygens (including phenoxy) is 1. The van der Waals surface area contributed by atoms with Gasteiger partial charge in [0, 0.05) is 25.5 Å². The molecule has 1 heterocycles. The van der Waals surface area contributed by atoms with Crippen LogP contribution in [0.1, 0.15) is 11.1 Å². The first kappa shape index (κ1) is 13.5. The Hall–Kier alpha value is -1.88. The number of hydrogen-bond acceptors (Lipinski definition) is 2. The van der Waals surface area contributed by atoms with Gasteiger partial charge in [-0.1, -0.05) is 12.1 Å². The maximum Gasteiger partial charge on any atom is 0.272 e. The molecule has 0 spiro atoms. The molecule has 0 radical (unpaired) electrons. The van der Waals surface area contributed by atoms with E-state index in [1.807, 2.05) is 24.5 Å². The number of hydrogen-bond donors (Lipinski definition) is 2. The standard InChI is InChI=1S/C14H16F2N2O/c15-14(16)10-19-13-3-1-2-11(6-13)7-18-9-12-4-5-17-8-12/h1-6,8,14,17-18H,7,9-10H2. The summed E-state index contributed by atoms with van der Waals surface area (Å²) in [4.78, 5) is 2.98. The minimum atomic E-state index is -2.45. The van der Waals surface area contributed by atoms with Gasteiger partial charge < -0.3 is 15.0 Å². The molecule has 0 atom stereocenters. The summed E-state index contributed by atoms with van der Waals surface area (Å²) in [6.07, 6.45) is 1.35. The Morgan fingerprint density at radius 2 is 2.00 bits per heavy atom. The van der Waals surface area contributed by atoms with Crippen molar-refractivity contribution in [2.45, 2.75) is 19.5 Å². The van der Waals surface area contributed by atoms with Crippen molar-refractivity contribution >= 4 is 0 Å². The maximum atomic E-state index is 12.0. The monoisotopic (exact) mass is 266 g/mol. The summed E-state index contributed by atoms with van der Waals surface area (Å²) in [5.74, 6) is 0.473. The second kappa shape index (κ2) is 6.89. The van der Waals surface area contributed by atoms with E-state index in [1.54, 1.807) is 18.2 Å². The van der Waals surface area contributed by atoms with Crippen LogP contribution < -0.4 is 10.1 Å². The van der Waals surface area contributed by atoms with Crippen molar-refractivity contribution in [1.82, 2.24) is 10.3 Å². The van der Waals surface area contributed by atoms with Crippen molar-refractivity contribution < 1.29 is 13.5 Å². The van der Waals surface area contributed by atoms with Crippen molar-refractivity contribution in [2.75, 3.05) is 6.61 Å². The first-order chi connectivity index (χ1) is 9.24. The first-order valence-electron chi connectivity index (χ1n) is 6.06. The molecule has 5 heteroatoms. The second-order valence-electron chi connectivity index (χ2n) is 4.17. The second-order valence-corrected chi connectivity index (χ2v) is 4.17. The van der Waals surface area contributed by atoms with Gasteiger partial charge in [0.25, 0.3) is 6.43 Å². The van der Waals surface area contributed by atoms with E-state index < -0.39 is 13.0 Å². The highest BCUT2D eigenvalue weighted by Crippen LogP contribution is 2.14. The molecule has 2 aromatic rings. The predicted octanol–water partition coefficient (Wildman–Crippen LogP) is 2.95. The lowest BCUT2D eigenvalue weighted by molar-refractivity contribution is 0.0818. The topological polar surface area (TPSA) is 37.0 Å². The van der Waals surface area contributed by atoms with E-state index in [1.165, 1.54) is 5.56 Å². The zero-order valence-electron chi connectivity index (χ0n) is 10.4. The van der Waals surface area contributed by atoms with Gasteiger partial charge in [0.15, 0.2) is 0 Å². The molecule has 0 bridgehead atoms. The molecule has 19 heavy (non-hydrogen) atoms. The number of halogens is 2. The van der Waals surface area contributed by atoms with Crippen molar-refractivity contribution in [1.29, 1.82) is 0 Å². The first-order valence-corrected chi connectivity index (χ1v) is 6.06. The molecular formula is C14H16F2N2O. The fourth-order valence-electron chi connectivity index (χ4n) is 1.72. The van der Waals surface area contributed by atoms with Crippen LogP contribution in [0.5, 0.6) is 5.75 Å². The molecule has 0 saturated carbocycles. The fourth-order valence-corrected chi connectivity index (χ4v) is 1.72. The minimum absolute atomic E-state index is 0.473. The van der Waals surface area contributed by atoms with Crippen molar-refractivity contribution in [3.63, 3.8) is 0 Å². The van der Waals surface area contributed by atoms with Crippen LogP contribution in [0.25, 0.3) is 0 Å². The molecule has 102 valence electrons. The maximum absolute atomic E-state index is 12.0. The van der Waals surface area contributed by atoms with E-state index in [4.69, 9.17) is 4.74 Å². The Morgan fingerprint density at radius 1 is 1.16 bits per heavy atom. The zero-order valence-corrected chi connectivity index (χ0v) is 10.4. The van der Waals surface area contributed by atoms with E-state index in [0.29, 0.717) is 12.3 Å². The highest BCUT2D eigenvalue weighted by molar-refractivity contribution is 5.28. The Kier molecular flexibility index (Phi) is 4.92. The van der Waals surface area contributed by atoms with Gasteiger partial charge >= 0.3 is 0 Å². The van der Waals surface area contributed by atoms with Crippen LogP contribution in [-0.2, 0) is 13.1 Å². The Labute approximate surface area is 110 Å². The van der Waals surface area contributed by atoms with Gasteiger partial charge in [-0.25, -0.2) is 8.78 Å². The summed E-state index contributed by atoms with van der Waals surface area (Å²) < 4.78 is 29.1. The SMILES string of the molecule is FC(F)COc1cccc(CNCc2cc[nH]c2)c1. The number of rotatable bonds is 7. The summed E-state index contributed by atoms with van der Waals surface area (Å²) in [7, 11) is 0. The van der Waals surface area contributed by atoms with Gasteiger partial charge in [-0.2, -0.15) is 0 Å². The van der Waals surface area contributed by atoms with Gasteiger partial charge in [-0.15, -0.1) is 0 Å². The Balaban J connectivity index is 1.81. The van der Waals surface area contributed by atoms with E-state index >= 15 is 0 Å². The lowest BCUT2D eigenvalue weighted by Crippen LogP contribution is -2.12. The van der Waals surface area contributed by atoms with Gasteiger partial charge in [0.1, 0.15) is 12.4 Å². The van der Waals surface area contributed by atoms with E-state index in [2.05, 4.69) is 10.3 Å². The zero-order chi connectivity index (χ0) is 13.5. The average molecular weight is 266 g/mol. The van der Waals surface area contributed by atoms with Crippen molar-refractivity contribution in [3.05, 3.63) is 53.9 Å². The van der Waals surface area contributed by atoms with E-state index in [0.717, 1.165) is 12.1 Å². The number of H-pyrrole nitrogens is 1. The summed E-state index contributed by atoms with van der Waals surface area (Å²) >= 11 is 0. The quantitative estimate of drug-likeness (QED) is 0.808. The third-order valence-electron chi connectivity index (χ3n) is 2.60. The molecule has 0 amide bonds. The molecule has 0 aliphatic carbocycles. The predicted molar refractivity (Wildman–Crippen MR) is 69.3 cm³/mol. The van der Waals surface area contributed by atoms with Crippen molar-refractivity contribution in [2.24, 2.45) is 0 Å². The molecule has 0 fully saturated rings. The molecule has 1 aromatic heterocycles. The van der Waals surface area contributed by atoms with Crippen LogP contribution in [0.4, 0.5) is 8.78 Å². The lowest BCUT2D eigenvalue weighted by atomic mass is 10.2. The molecule has 0 aliphatic heterocycles. The number of benzene rings is 1. The molecule has 1 aromatic carbocycles. The Morgan fingerprint density at radius 3 is 2.74 bits per heavy atom. The van der Waals surface area contributed by atoms with Crippen LogP contribution in [0.3, 0.4) is 0 Å². The van der Waals surface area contributed by atoms with Crippen LogP contribution in [0.2, 0.25) is 0 Å². The summed E-state index contributed by atoms with van der Waals surface area (Å²) in [5.41, 5.74) is 2.17. The largest absolute Gasteiger partial charge is 0.488 e. The normalized spacial score (nSPS) is 10.9. The third-order valence-corrected chi connectivity index (χ3v) is 2.60. The average Bonchev–Trinajstić information content (AvgIpc) is 2.90. The van der Waals surface area contributed by atoms with E-state index in [9.17, 15) is 8.78 Å². The van der Waals surface area contributed by atoms with Crippen LogP contribution in [0, 0.1) is 0 Å². The van der Waals surface area contributed by atoms with Gasteiger partial charge in [0.2, 0.25) is 0 Å². The Bertz CT molecular complexity index is 486. The number of aromatic amines is 1.